The molecule has 0 saturated heterocycles. The Balaban J connectivity index is 1.90. The van der Waals surface area contributed by atoms with E-state index >= 15 is 0 Å². The van der Waals surface area contributed by atoms with Crippen LogP contribution in [0.1, 0.15) is 83.6 Å². The Morgan fingerprint density at radius 3 is 1.78 bits per heavy atom. The zero-order valence-electron chi connectivity index (χ0n) is 21.4. The molecule has 0 spiro atoms. The van der Waals surface area contributed by atoms with Gasteiger partial charge in [-0.25, -0.2) is 9.97 Å². The molecule has 2 rings (SSSR count). The van der Waals surface area contributed by atoms with Gasteiger partial charge in [-0.2, -0.15) is 26.3 Å². The minimum absolute atomic E-state index is 0.0157. The number of aryl methyl sites for hydroxylation is 1. The molecule has 37 heavy (non-hydrogen) atoms. The van der Waals surface area contributed by atoms with E-state index in [-0.39, 0.29) is 6.42 Å². The summed E-state index contributed by atoms with van der Waals surface area (Å²) in [6.07, 6.45) is 3.37. The topological polar surface area (TPSA) is 44.2 Å². The first-order chi connectivity index (χ1) is 17.5. The smallest absolute Gasteiger partial charge is 0.428 e. The fourth-order valence-corrected chi connectivity index (χ4v) is 3.58. The molecule has 2 aromatic rings. The van der Waals surface area contributed by atoms with Gasteiger partial charge < -0.3 is 9.47 Å². The third kappa shape index (κ3) is 9.16. The van der Waals surface area contributed by atoms with Gasteiger partial charge in [0.1, 0.15) is 5.75 Å². The lowest BCUT2D eigenvalue weighted by atomic mass is 10.1. The molecular formula is C27H36F6N2O2. The maximum atomic E-state index is 14.0. The van der Waals surface area contributed by atoms with Crippen LogP contribution in [0.3, 0.4) is 0 Å². The summed E-state index contributed by atoms with van der Waals surface area (Å²) in [6.45, 7) is 3.02. The van der Waals surface area contributed by atoms with Crippen LogP contribution in [0, 0.1) is 0 Å². The van der Waals surface area contributed by atoms with Gasteiger partial charge in [0.2, 0.25) is 0 Å². The van der Waals surface area contributed by atoms with Crippen LogP contribution in [-0.2, 0) is 11.2 Å². The number of unbranched alkanes of at least 4 members (excludes halogenated alkanes) is 8. The molecule has 0 amide bonds. The van der Waals surface area contributed by atoms with Crippen LogP contribution in [0.4, 0.5) is 26.3 Å². The van der Waals surface area contributed by atoms with Gasteiger partial charge in [0.05, 0.1) is 6.61 Å². The summed E-state index contributed by atoms with van der Waals surface area (Å²) in [4.78, 5) is 8.55. The Hall–Kier alpha value is -2.36. The van der Waals surface area contributed by atoms with E-state index in [0.29, 0.717) is 17.8 Å². The van der Waals surface area contributed by atoms with Crippen LogP contribution in [0.2, 0.25) is 0 Å². The first-order valence-electron chi connectivity index (χ1n) is 12.9. The van der Waals surface area contributed by atoms with Crippen molar-refractivity contribution in [2.45, 2.75) is 103 Å². The monoisotopic (exact) mass is 534 g/mol. The molecule has 1 aromatic heterocycles. The second-order valence-electron chi connectivity index (χ2n) is 9.08. The first-order valence-corrected chi connectivity index (χ1v) is 12.9. The molecule has 1 heterocycles. The Morgan fingerprint density at radius 1 is 0.676 bits per heavy atom. The fraction of sp³-hybridized carbons (Fsp3) is 0.630. The lowest BCUT2D eigenvalue weighted by Gasteiger charge is -2.31. The highest BCUT2D eigenvalue weighted by molar-refractivity contribution is 5.55. The van der Waals surface area contributed by atoms with E-state index in [1.165, 1.54) is 50.7 Å². The molecule has 0 aliphatic rings. The minimum atomic E-state index is -5.89. The number of aromatic nitrogens is 2. The number of hydrogen-bond acceptors (Lipinski definition) is 4. The fourth-order valence-electron chi connectivity index (χ4n) is 3.58. The van der Waals surface area contributed by atoms with Gasteiger partial charge in [0.25, 0.3) is 0 Å². The molecule has 0 saturated carbocycles. The van der Waals surface area contributed by atoms with Gasteiger partial charge in [-0.05, 0) is 49.1 Å². The molecule has 0 atom stereocenters. The van der Waals surface area contributed by atoms with Gasteiger partial charge in [-0.3, -0.25) is 0 Å². The van der Waals surface area contributed by atoms with E-state index in [1.807, 2.05) is 0 Å². The number of hydrogen-bond donors (Lipinski definition) is 0. The van der Waals surface area contributed by atoms with Gasteiger partial charge in [0, 0.05) is 18.0 Å². The molecule has 0 aliphatic carbocycles. The summed E-state index contributed by atoms with van der Waals surface area (Å²) < 4.78 is 90.9. The number of nitrogens with zero attached hydrogens (tertiary/aromatic N) is 2. The summed E-state index contributed by atoms with van der Waals surface area (Å²) in [5.41, 5.74) is 1.40. The summed E-state index contributed by atoms with van der Waals surface area (Å²) >= 11 is 0. The van der Waals surface area contributed by atoms with E-state index in [0.717, 1.165) is 37.0 Å². The largest absolute Gasteiger partial charge is 0.473 e. The predicted molar refractivity (Wildman–Crippen MR) is 130 cm³/mol. The predicted octanol–water partition coefficient (Wildman–Crippen LogP) is 8.84. The summed E-state index contributed by atoms with van der Waals surface area (Å²) in [5, 5.41) is 0. The average Bonchev–Trinajstić information content (AvgIpc) is 2.86. The highest BCUT2D eigenvalue weighted by Gasteiger charge is 2.75. The van der Waals surface area contributed by atoms with Crippen LogP contribution in [0.5, 0.6) is 5.75 Å². The lowest BCUT2D eigenvalue weighted by molar-refractivity contribution is -0.434. The third-order valence-electron chi connectivity index (χ3n) is 5.90. The second kappa shape index (κ2) is 14.5. The SMILES string of the molecule is CCCCCCCCCCc1cnc(-c2ccc(OC(F)(F)C(F)(F)C(F)(F)OCCCC)cc2)nc1. The van der Waals surface area contributed by atoms with Crippen molar-refractivity contribution in [2.24, 2.45) is 0 Å². The van der Waals surface area contributed by atoms with E-state index in [9.17, 15) is 26.3 Å². The summed E-state index contributed by atoms with van der Waals surface area (Å²) in [5.74, 6) is -6.30. The zero-order chi connectivity index (χ0) is 27.4. The number of rotatable bonds is 18. The van der Waals surface area contributed by atoms with Crippen molar-refractivity contribution in [3.63, 3.8) is 0 Å². The van der Waals surface area contributed by atoms with Gasteiger partial charge in [0.15, 0.2) is 5.82 Å². The van der Waals surface area contributed by atoms with E-state index < -0.39 is 30.5 Å². The maximum Gasteiger partial charge on any atom is 0.473 e. The number of halogens is 6. The van der Waals surface area contributed by atoms with E-state index in [1.54, 1.807) is 19.3 Å². The number of alkyl halides is 6. The third-order valence-corrected chi connectivity index (χ3v) is 5.90. The molecule has 4 nitrogen and oxygen atoms in total. The summed E-state index contributed by atoms with van der Waals surface area (Å²) in [6, 6.07) is 4.50. The Bertz CT molecular complexity index is 908. The molecule has 0 N–H and O–H groups in total. The molecular weight excluding hydrogens is 498 g/mol. The lowest BCUT2D eigenvalue weighted by Crippen LogP contribution is -2.58. The van der Waals surface area contributed by atoms with E-state index in [2.05, 4.69) is 26.4 Å². The van der Waals surface area contributed by atoms with Crippen molar-refractivity contribution in [3.05, 3.63) is 42.2 Å². The molecule has 10 heteroatoms. The Labute approximate surface area is 214 Å². The van der Waals surface area contributed by atoms with Crippen LogP contribution in [0.15, 0.2) is 36.7 Å². The van der Waals surface area contributed by atoms with E-state index in [4.69, 9.17) is 0 Å². The molecule has 0 fully saturated rings. The number of ether oxygens (including phenoxy) is 2. The maximum absolute atomic E-state index is 14.0. The highest BCUT2D eigenvalue weighted by Crippen LogP contribution is 2.47. The van der Waals surface area contributed by atoms with Gasteiger partial charge >= 0.3 is 18.1 Å². The van der Waals surface area contributed by atoms with Crippen LogP contribution >= 0.6 is 0 Å². The van der Waals surface area contributed by atoms with Crippen molar-refractivity contribution >= 4 is 0 Å². The molecule has 0 unspecified atom stereocenters. The minimum Gasteiger partial charge on any atom is -0.428 e. The molecule has 0 bridgehead atoms. The molecule has 208 valence electrons. The van der Waals surface area contributed by atoms with Crippen molar-refractivity contribution in [1.82, 2.24) is 9.97 Å². The van der Waals surface area contributed by atoms with Crippen molar-refractivity contribution < 1.29 is 35.8 Å². The Kier molecular flexibility index (Phi) is 12.1. The average molecular weight is 535 g/mol. The van der Waals surface area contributed by atoms with Gasteiger partial charge in [-0.15, -0.1) is 0 Å². The van der Waals surface area contributed by atoms with Gasteiger partial charge in [-0.1, -0.05) is 65.2 Å². The molecule has 0 radical (unpaired) electrons. The quantitative estimate of drug-likeness (QED) is 0.142. The normalized spacial score (nSPS) is 12.6. The van der Waals surface area contributed by atoms with Crippen LogP contribution < -0.4 is 4.74 Å². The van der Waals surface area contributed by atoms with Crippen molar-refractivity contribution in [2.75, 3.05) is 6.61 Å². The zero-order valence-corrected chi connectivity index (χ0v) is 21.4. The van der Waals surface area contributed by atoms with Crippen LogP contribution in [0.25, 0.3) is 11.4 Å². The summed E-state index contributed by atoms with van der Waals surface area (Å²) in [7, 11) is 0. The first kappa shape index (κ1) is 30.9. The standard InChI is InChI=1S/C27H36F6N2O2/c1-3-5-7-8-9-10-11-12-13-21-19-34-24(35-20-21)22-14-16-23(17-15-22)37-27(32,33)25(28,29)26(30,31)36-18-6-4-2/h14-17,19-20H,3-13,18H2,1-2H3. The molecule has 1 aromatic carbocycles. The second-order valence-corrected chi connectivity index (χ2v) is 9.08. The molecule has 0 aliphatic heterocycles. The van der Waals surface area contributed by atoms with Crippen LogP contribution in [-0.4, -0.2) is 34.7 Å². The van der Waals surface area contributed by atoms with Crippen molar-refractivity contribution in [3.8, 4) is 17.1 Å². The number of benzene rings is 1. The van der Waals surface area contributed by atoms with Crippen molar-refractivity contribution in [1.29, 1.82) is 0 Å². The Morgan fingerprint density at radius 2 is 1.22 bits per heavy atom. The highest BCUT2D eigenvalue weighted by atomic mass is 19.4.